The van der Waals surface area contributed by atoms with Gasteiger partial charge in [0.15, 0.2) is 0 Å². The van der Waals surface area contributed by atoms with E-state index in [4.69, 9.17) is 4.74 Å². The van der Waals surface area contributed by atoms with Crippen molar-refractivity contribution in [1.82, 2.24) is 9.97 Å². The number of hydrogen-bond acceptors (Lipinski definition) is 5. The van der Waals surface area contributed by atoms with Gasteiger partial charge in [-0.25, -0.2) is 9.78 Å². The monoisotopic (exact) mass is 440 g/mol. The number of hydrogen-bond donors (Lipinski definition) is 2. The van der Waals surface area contributed by atoms with E-state index in [-0.39, 0.29) is 11.4 Å². The fourth-order valence-electron chi connectivity index (χ4n) is 4.59. The predicted octanol–water partition coefficient (Wildman–Crippen LogP) is 6.30. The lowest BCUT2D eigenvalue weighted by atomic mass is 9.77. The van der Waals surface area contributed by atoms with Crippen molar-refractivity contribution in [2.24, 2.45) is 0 Å². The van der Waals surface area contributed by atoms with Gasteiger partial charge >= 0.3 is 5.97 Å². The number of benzene rings is 3. The van der Waals surface area contributed by atoms with Crippen LogP contribution in [0.3, 0.4) is 0 Å². The van der Waals surface area contributed by atoms with Crippen LogP contribution in [0.2, 0.25) is 0 Å². The Balaban J connectivity index is 1.52. The smallest absolute Gasteiger partial charge is 0.340 e. The van der Waals surface area contributed by atoms with Crippen molar-refractivity contribution in [2.45, 2.75) is 32.6 Å². The van der Waals surface area contributed by atoms with Gasteiger partial charge in [-0.05, 0) is 54.7 Å². The largest absolute Gasteiger partial charge is 0.462 e. The van der Waals surface area contributed by atoms with E-state index in [1.807, 2.05) is 18.2 Å². The summed E-state index contributed by atoms with van der Waals surface area (Å²) >= 11 is 0. The molecule has 0 bridgehead atoms. The summed E-state index contributed by atoms with van der Waals surface area (Å²) in [7, 11) is 0. The minimum absolute atomic E-state index is 0.137. The molecule has 2 heterocycles. The Morgan fingerprint density at radius 1 is 1.06 bits per heavy atom. The number of fused-ring (bicyclic) bond motifs is 2. The second kappa shape index (κ2) is 8.28. The fourth-order valence-corrected chi connectivity index (χ4v) is 4.59. The second-order valence-electron chi connectivity index (χ2n) is 8.95. The van der Waals surface area contributed by atoms with E-state index in [9.17, 15) is 4.79 Å². The molecule has 4 aromatic rings. The summed E-state index contributed by atoms with van der Waals surface area (Å²) < 4.78 is 5.19. The van der Waals surface area contributed by atoms with Crippen molar-refractivity contribution in [3.8, 4) is 0 Å². The van der Waals surface area contributed by atoms with Gasteiger partial charge in [-0.3, -0.25) is 0 Å². The summed E-state index contributed by atoms with van der Waals surface area (Å²) in [5.41, 5.74) is 6.60. The Morgan fingerprint density at radius 3 is 2.64 bits per heavy atom. The molecule has 0 saturated heterocycles. The van der Waals surface area contributed by atoms with Crippen molar-refractivity contribution >= 4 is 40.0 Å². The first-order chi connectivity index (χ1) is 16.0. The van der Waals surface area contributed by atoms with Crippen LogP contribution in [-0.2, 0) is 10.2 Å². The van der Waals surface area contributed by atoms with E-state index < -0.39 is 0 Å². The van der Waals surface area contributed by atoms with Gasteiger partial charge in [-0.15, -0.1) is 0 Å². The Hall–Kier alpha value is -3.80. The Kier molecular flexibility index (Phi) is 5.29. The van der Waals surface area contributed by atoms with Crippen LogP contribution in [0.25, 0.3) is 11.0 Å². The highest BCUT2D eigenvalue weighted by Crippen LogP contribution is 2.44. The molecule has 0 atom stereocenters. The number of anilines is 4. The highest BCUT2D eigenvalue weighted by molar-refractivity contribution is 6.02. The van der Waals surface area contributed by atoms with Crippen LogP contribution < -0.4 is 10.2 Å². The van der Waals surface area contributed by atoms with Gasteiger partial charge in [-0.2, -0.15) is 0 Å². The molecule has 0 unspecified atom stereocenters. The van der Waals surface area contributed by atoms with E-state index >= 15 is 0 Å². The number of aromatic nitrogens is 2. The summed E-state index contributed by atoms with van der Waals surface area (Å²) in [6.45, 7) is 7.67. The molecule has 5 rings (SSSR count). The summed E-state index contributed by atoms with van der Waals surface area (Å²) in [6, 6.07) is 22.4. The number of carbonyl (C=O) groups excluding carboxylic acids is 1. The maximum atomic E-state index is 12.4. The van der Waals surface area contributed by atoms with Crippen molar-refractivity contribution in [1.29, 1.82) is 0 Å². The van der Waals surface area contributed by atoms with Gasteiger partial charge in [0.1, 0.15) is 5.52 Å². The third-order valence-corrected chi connectivity index (χ3v) is 6.34. The molecule has 0 aliphatic carbocycles. The first kappa shape index (κ1) is 21.1. The van der Waals surface area contributed by atoms with Crippen LogP contribution in [0, 0.1) is 0 Å². The first-order valence-corrected chi connectivity index (χ1v) is 11.4. The third-order valence-electron chi connectivity index (χ3n) is 6.34. The zero-order valence-electron chi connectivity index (χ0n) is 19.2. The van der Waals surface area contributed by atoms with Crippen LogP contribution in [0.1, 0.15) is 43.1 Å². The predicted molar refractivity (Wildman–Crippen MR) is 133 cm³/mol. The topological polar surface area (TPSA) is 70.2 Å². The van der Waals surface area contributed by atoms with E-state index in [1.54, 1.807) is 13.0 Å². The lowest BCUT2D eigenvalue weighted by molar-refractivity contribution is 0.0528. The minimum Gasteiger partial charge on any atom is -0.462 e. The van der Waals surface area contributed by atoms with E-state index in [1.165, 1.54) is 11.3 Å². The SMILES string of the molecule is CCOC(=O)c1cccc2[nH]c(Nc3ccccc3N3CCC(C)(C)c4ccccc43)nc12. The van der Waals surface area contributed by atoms with Gasteiger partial charge < -0.3 is 19.9 Å². The molecule has 3 aromatic carbocycles. The van der Waals surface area contributed by atoms with E-state index in [0.717, 1.165) is 29.9 Å². The Morgan fingerprint density at radius 2 is 1.82 bits per heavy atom. The van der Waals surface area contributed by atoms with Gasteiger partial charge in [-0.1, -0.05) is 50.2 Å². The number of ether oxygens (including phenoxy) is 1. The zero-order chi connectivity index (χ0) is 23.0. The van der Waals surface area contributed by atoms with Crippen molar-refractivity contribution < 1.29 is 9.53 Å². The molecule has 33 heavy (non-hydrogen) atoms. The maximum absolute atomic E-state index is 12.4. The van der Waals surface area contributed by atoms with Gasteiger partial charge in [0.25, 0.3) is 0 Å². The molecule has 1 aromatic heterocycles. The molecule has 0 fully saturated rings. The molecule has 0 spiro atoms. The summed E-state index contributed by atoms with van der Waals surface area (Å²) in [5, 5.41) is 3.45. The average molecular weight is 441 g/mol. The van der Waals surface area contributed by atoms with Gasteiger partial charge in [0.05, 0.1) is 29.1 Å². The molecular formula is C27H28N4O2. The molecule has 6 heteroatoms. The third kappa shape index (κ3) is 3.82. The molecule has 0 amide bonds. The number of rotatable bonds is 5. The first-order valence-electron chi connectivity index (χ1n) is 11.4. The normalized spacial score (nSPS) is 14.7. The lowest BCUT2D eigenvalue weighted by Crippen LogP contribution is -2.34. The van der Waals surface area contributed by atoms with Crippen molar-refractivity contribution in [3.05, 3.63) is 77.9 Å². The molecule has 6 nitrogen and oxygen atoms in total. The Labute approximate surface area is 193 Å². The second-order valence-corrected chi connectivity index (χ2v) is 8.95. The van der Waals surface area contributed by atoms with E-state index in [0.29, 0.717) is 23.6 Å². The fraction of sp³-hybridized carbons (Fsp3) is 0.259. The van der Waals surface area contributed by atoms with E-state index in [2.05, 4.69) is 76.5 Å². The summed E-state index contributed by atoms with van der Waals surface area (Å²) in [6.07, 6.45) is 1.06. The van der Waals surface area contributed by atoms with Gasteiger partial charge in [0, 0.05) is 12.2 Å². The molecule has 0 saturated carbocycles. The van der Waals surface area contributed by atoms with Crippen LogP contribution in [0.5, 0.6) is 0 Å². The maximum Gasteiger partial charge on any atom is 0.340 e. The minimum atomic E-state index is -0.367. The zero-order valence-corrected chi connectivity index (χ0v) is 19.2. The molecule has 0 radical (unpaired) electrons. The summed E-state index contributed by atoms with van der Waals surface area (Å²) in [5.74, 6) is 0.217. The number of aromatic amines is 1. The molecule has 1 aliphatic heterocycles. The number of H-pyrrole nitrogens is 1. The molecular weight excluding hydrogens is 412 g/mol. The highest BCUT2D eigenvalue weighted by Gasteiger charge is 2.32. The van der Waals surface area contributed by atoms with Crippen molar-refractivity contribution in [3.63, 3.8) is 0 Å². The molecule has 1 aliphatic rings. The highest BCUT2D eigenvalue weighted by atomic mass is 16.5. The van der Waals surface area contributed by atoms with Crippen LogP contribution >= 0.6 is 0 Å². The van der Waals surface area contributed by atoms with Crippen LogP contribution in [-0.4, -0.2) is 29.1 Å². The quantitative estimate of drug-likeness (QED) is 0.356. The number of carbonyl (C=O) groups is 1. The average Bonchev–Trinajstić information content (AvgIpc) is 3.23. The standard InChI is InChI=1S/C27H28N4O2/c1-4-33-25(32)18-10-9-13-21-24(18)30-26(29-21)28-20-12-6-8-15-23(20)31-17-16-27(2,3)19-11-5-7-14-22(19)31/h5-15H,4,16-17H2,1-3H3,(H2,28,29,30). The molecule has 2 N–H and O–H groups in total. The number of esters is 1. The number of para-hydroxylation sites is 4. The molecule has 168 valence electrons. The summed E-state index contributed by atoms with van der Waals surface area (Å²) in [4.78, 5) is 22.7. The van der Waals surface area contributed by atoms with Gasteiger partial charge in [0.2, 0.25) is 5.95 Å². The Bertz CT molecular complexity index is 1320. The van der Waals surface area contributed by atoms with Crippen LogP contribution in [0.4, 0.5) is 23.0 Å². The number of nitrogens with one attached hydrogen (secondary N) is 2. The lowest BCUT2D eigenvalue weighted by Gasteiger charge is -2.40. The number of nitrogens with zero attached hydrogens (tertiary/aromatic N) is 2. The number of imidazole rings is 1. The van der Waals surface area contributed by atoms with Crippen molar-refractivity contribution in [2.75, 3.05) is 23.4 Å². The van der Waals surface area contributed by atoms with Crippen LogP contribution in [0.15, 0.2) is 66.7 Å².